The summed E-state index contributed by atoms with van der Waals surface area (Å²) in [5.74, 6) is -1.72. The molecule has 2 heteroatoms. The molecule has 2 N–H and O–H groups in total. The van der Waals surface area contributed by atoms with E-state index in [1.54, 1.807) is 24.3 Å². The van der Waals surface area contributed by atoms with E-state index in [0.717, 1.165) is 0 Å². The van der Waals surface area contributed by atoms with Crippen LogP contribution < -0.4 is 0 Å². The van der Waals surface area contributed by atoms with E-state index in [-0.39, 0.29) is 6.42 Å². The minimum absolute atomic E-state index is 0.261. The molecule has 0 spiro atoms. The van der Waals surface area contributed by atoms with Crippen LogP contribution in [0.25, 0.3) is 0 Å². The summed E-state index contributed by atoms with van der Waals surface area (Å²) >= 11 is 0. The molecule has 1 aromatic carbocycles. The molecule has 0 bridgehead atoms. The van der Waals surface area contributed by atoms with Crippen LogP contribution in [-0.4, -0.2) is 10.2 Å². The zero-order valence-electron chi connectivity index (χ0n) is 6.90. The van der Waals surface area contributed by atoms with E-state index < -0.39 is 5.79 Å². The minimum Gasteiger partial charge on any atom is -0.362 e. The third-order valence-corrected chi connectivity index (χ3v) is 1.76. The highest BCUT2D eigenvalue weighted by atomic mass is 16.5. The molecule has 2 nitrogen and oxygen atoms in total. The highest BCUT2D eigenvalue weighted by Gasteiger charge is 2.23. The number of hydrogen-bond acceptors (Lipinski definition) is 2. The molecular weight excluding hydrogens is 152 g/mol. The van der Waals surface area contributed by atoms with E-state index in [2.05, 4.69) is 6.92 Å². The van der Waals surface area contributed by atoms with Crippen molar-refractivity contribution in [3.63, 3.8) is 0 Å². The first-order chi connectivity index (χ1) is 5.67. The van der Waals surface area contributed by atoms with Gasteiger partial charge in [0.25, 0.3) is 0 Å². The number of rotatable bonds is 3. The largest absolute Gasteiger partial charge is 0.362 e. The Kier molecular flexibility index (Phi) is 2.84. The molecule has 1 rings (SSSR count). The van der Waals surface area contributed by atoms with E-state index in [4.69, 9.17) is 0 Å². The lowest BCUT2D eigenvalue weighted by Crippen LogP contribution is -2.24. The first-order valence-electron chi connectivity index (χ1n) is 3.96. The lowest BCUT2D eigenvalue weighted by Gasteiger charge is -2.20. The molecule has 0 aliphatic heterocycles. The lowest BCUT2D eigenvalue weighted by molar-refractivity contribution is -0.173. The summed E-state index contributed by atoms with van der Waals surface area (Å²) in [7, 11) is 0. The topological polar surface area (TPSA) is 40.5 Å². The van der Waals surface area contributed by atoms with E-state index in [1.807, 2.05) is 6.07 Å². The first kappa shape index (κ1) is 9.23. The van der Waals surface area contributed by atoms with Crippen LogP contribution >= 0.6 is 0 Å². The quantitative estimate of drug-likeness (QED) is 0.665. The molecule has 0 saturated heterocycles. The predicted octanol–water partition coefficient (Wildman–Crippen LogP) is 1.44. The standard InChI is InChI=1S/C10H13O2/c1-2-8-10(11,12)9-6-4-3-5-7-9/h3-7,11-12H,1-2,8H2. The molecule has 0 heterocycles. The molecular formula is C10H13O2. The zero-order chi connectivity index (χ0) is 9.03. The van der Waals surface area contributed by atoms with Gasteiger partial charge in [0, 0.05) is 12.0 Å². The Balaban J connectivity index is 2.82. The molecule has 65 valence electrons. The van der Waals surface area contributed by atoms with Gasteiger partial charge in [-0.2, -0.15) is 0 Å². The van der Waals surface area contributed by atoms with Gasteiger partial charge in [-0.15, -0.1) is 0 Å². The lowest BCUT2D eigenvalue weighted by atomic mass is 10.0. The molecule has 0 atom stereocenters. The summed E-state index contributed by atoms with van der Waals surface area (Å²) in [6, 6.07) is 8.77. The second-order valence-electron chi connectivity index (χ2n) is 2.79. The Labute approximate surface area is 72.5 Å². The van der Waals surface area contributed by atoms with Gasteiger partial charge in [-0.25, -0.2) is 0 Å². The van der Waals surface area contributed by atoms with Gasteiger partial charge >= 0.3 is 0 Å². The van der Waals surface area contributed by atoms with E-state index in [0.29, 0.717) is 12.0 Å². The van der Waals surface area contributed by atoms with Crippen molar-refractivity contribution in [2.75, 3.05) is 0 Å². The van der Waals surface area contributed by atoms with Crippen LogP contribution in [0.5, 0.6) is 0 Å². The van der Waals surface area contributed by atoms with Gasteiger partial charge in [0.15, 0.2) is 5.79 Å². The molecule has 12 heavy (non-hydrogen) atoms. The van der Waals surface area contributed by atoms with E-state index in [9.17, 15) is 10.2 Å². The fourth-order valence-corrected chi connectivity index (χ4v) is 1.10. The van der Waals surface area contributed by atoms with Gasteiger partial charge in [-0.05, 0) is 6.42 Å². The maximum Gasteiger partial charge on any atom is 0.189 e. The third-order valence-electron chi connectivity index (χ3n) is 1.76. The van der Waals surface area contributed by atoms with Gasteiger partial charge < -0.3 is 10.2 Å². The number of hydrogen-bond donors (Lipinski definition) is 2. The minimum atomic E-state index is -1.72. The van der Waals surface area contributed by atoms with Gasteiger partial charge in [0.1, 0.15) is 0 Å². The maximum absolute atomic E-state index is 9.50. The van der Waals surface area contributed by atoms with Crippen LogP contribution in [0.2, 0.25) is 0 Å². The van der Waals surface area contributed by atoms with Crippen molar-refractivity contribution in [3.05, 3.63) is 42.8 Å². The van der Waals surface area contributed by atoms with Crippen LogP contribution in [-0.2, 0) is 5.79 Å². The maximum atomic E-state index is 9.50. The Morgan fingerprint density at radius 2 is 1.75 bits per heavy atom. The van der Waals surface area contributed by atoms with Crippen molar-refractivity contribution >= 4 is 0 Å². The second kappa shape index (κ2) is 3.70. The molecule has 0 saturated carbocycles. The summed E-state index contributed by atoms with van der Waals surface area (Å²) in [6.07, 6.45) is 0.763. The van der Waals surface area contributed by atoms with Gasteiger partial charge in [0.05, 0.1) is 0 Å². The summed E-state index contributed by atoms with van der Waals surface area (Å²) in [5, 5.41) is 19.0. The fourth-order valence-electron chi connectivity index (χ4n) is 1.10. The van der Waals surface area contributed by atoms with Gasteiger partial charge in [-0.3, -0.25) is 0 Å². The average molecular weight is 165 g/mol. The van der Waals surface area contributed by atoms with Crippen molar-refractivity contribution in [3.8, 4) is 0 Å². The van der Waals surface area contributed by atoms with Crippen LogP contribution in [0.3, 0.4) is 0 Å². The monoisotopic (exact) mass is 165 g/mol. The van der Waals surface area contributed by atoms with Crippen molar-refractivity contribution < 1.29 is 10.2 Å². The van der Waals surface area contributed by atoms with Crippen LogP contribution in [0, 0.1) is 6.92 Å². The molecule has 0 unspecified atom stereocenters. The van der Waals surface area contributed by atoms with Crippen LogP contribution in [0.1, 0.15) is 18.4 Å². The van der Waals surface area contributed by atoms with Crippen molar-refractivity contribution in [2.24, 2.45) is 0 Å². The first-order valence-corrected chi connectivity index (χ1v) is 3.96. The predicted molar refractivity (Wildman–Crippen MR) is 47.1 cm³/mol. The van der Waals surface area contributed by atoms with Gasteiger partial charge in [-0.1, -0.05) is 37.3 Å². The van der Waals surface area contributed by atoms with Crippen molar-refractivity contribution in [1.29, 1.82) is 0 Å². The van der Waals surface area contributed by atoms with Crippen molar-refractivity contribution in [1.82, 2.24) is 0 Å². The van der Waals surface area contributed by atoms with E-state index in [1.165, 1.54) is 0 Å². The Morgan fingerprint density at radius 1 is 1.17 bits per heavy atom. The third kappa shape index (κ3) is 2.06. The summed E-state index contributed by atoms with van der Waals surface area (Å²) < 4.78 is 0. The second-order valence-corrected chi connectivity index (χ2v) is 2.79. The van der Waals surface area contributed by atoms with Crippen LogP contribution in [0.4, 0.5) is 0 Å². The number of aliphatic hydroxyl groups is 2. The highest BCUT2D eigenvalue weighted by Crippen LogP contribution is 2.22. The molecule has 0 fully saturated rings. The molecule has 0 aliphatic carbocycles. The number of benzene rings is 1. The van der Waals surface area contributed by atoms with Crippen LogP contribution in [0.15, 0.2) is 30.3 Å². The molecule has 0 aliphatic rings. The summed E-state index contributed by atoms with van der Waals surface area (Å²) in [6.45, 7) is 3.58. The Morgan fingerprint density at radius 3 is 2.25 bits per heavy atom. The molecule has 0 amide bonds. The Hall–Kier alpha value is -0.860. The Bertz CT molecular complexity index is 229. The normalized spacial score (nSPS) is 11.6. The van der Waals surface area contributed by atoms with E-state index >= 15 is 0 Å². The average Bonchev–Trinajstić information content (AvgIpc) is 2.06. The smallest absolute Gasteiger partial charge is 0.189 e. The highest BCUT2D eigenvalue weighted by molar-refractivity contribution is 5.19. The van der Waals surface area contributed by atoms with Crippen molar-refractivity contribution in [2.45, 2.75) is 18.6 Å². The molecule has 1 radical (unpaired) electrons. The fraction of sp³-hybridized carbons (Fsp3) is 0.300. The molecule has 1 aromatic rings. The SMILES string of the molecule is [CH2]CCC(O)(O)c1ccccc1. The zero-order valence-corrected chi connectivity index (χ0v) is 6.90. The van der Waals surface area contributed by atoms with Gasteiger partial charge in [0.2, 0.25) is 0 Å². The molecule has 0 aromatic heterocycles. The summed E-state index contributed by atoms with van der Waals surface area (Å²) in [4.78, 5) is 0. The summed E-state index contributed by atoms with van der Waals surface area (Å²) in [5.41, 5.74) is 0.522.